The van der Waals surface area contributed by atoms with Crippen molar-refractivity contribution in [2.24, 2.45) is 0 Å². The second-order valence-electron chi connectivity index (χ2n) is 3.95. The van der Waals surface area contributed by atoms with Gasteiger partial charge in [0.25, 0.3) is 0 Å². The highest BCUT2D eigenvalue weighted by Gasteiger charge is 2.16. The van der Waals surface area contributed by atoms with E-state index in [1.165, 1.54) is 23.1 Å². The Hall–Kier alpha value is -1.08. The highest BCUT2D eigenvalue weighted by atomic mass is 16.5. The van der Waals surface area contributed by atoms with E-state index in [2.05, 4.69) is 37.3 Å². The minimum atomic E-state index is 0.219. The average Bonchev–Trinajstić information content (AvgIpc) is 2.28. The maximum Gasteiger partial charge on any atom is 0.0799 e. The lowest BCUT2D eigenvalue weighted by atomic mass is 9.88. The van der Waals surface area contributed by atoms with Crippen molar-refractivity contribution in [1.29, 1.82) is 0 Å². The van der Waals surface area contributed by atoms with Crippen LogP contribution in [0.5, 0.6) is 0 Å². The van der Waals surface area contributed by atoms with Crippen LogP contribution in [-0.4, -0.2) is 12.7 Å². The Morgan fingerprint density at radius 2 is 2.13 bits per heavy atom. The molecule has 0 N–H and O–H groups in total. The summed E-state index contributed by atoms with van der Waals surface area (Å²) in [7, 11) is 0. The first kappa shape index (κ1) is 10.4. The number of benzene rings is 1. The highest BCUT2D eigenvalue weighted by molar-refractivity contribution is 5.72. The molecule has 1 nitrogen and oxygen atoms in total. The Morgan fingerprint density at radius 1 is 1.33 bits per heavy atom. The summed E-state index contributed by atoms with van der Waals surface area (Å²) >= 11 is 0. The Balaban J connectivity index is 2.30. The van der Waals surface area contributed by atoms with Gasteiger partial charge in [-0.25, -0.2) is 0 Å². The number of hydrogen-bond acceptors (Lipinski definition) is 1. The summed E-state index contributed by atoms with van der Waals surface area (Å²) in [6.45, 7) is 4.96. The van der Waals surface area contributed by atoms with Crippen molar-refractivity contribution < 1.29 is 4.74 Å². The molecule has 2 rings (SSSR count). The molecule has 0 fully saturated rings. The molecule has 0 aromatic heterocycles. The molecule has 0 saturated carbocycles. The predicted molar refractivity (Wildman–Crippen MR) is 63.8 cm³/mol. The van der Waals surface area contributed by atoms with Crippen LogP contribution in [0.3, 0.4) is 0 Å². The van der Waals surface area contributed by atoms with Crippen molar-refractivity contribution in [2.45, 2.75) is 32.8 Å². The van der Waals surface area contributed by atoms with Crippen LogP contribution in [0.4, 0.5) is 0 Å². The summed E-state index contributed by atoms with van der Waals surface area (Å²) in [6.07, 6.45) is 4.85. The van der Waals surface area contributed by atoms with Crippen molar-refractivity contribution in [3.63, 3.8) is 0 Å². The van der Waals surface area contributed by atoms with Gasteiger partial charge in [0, 0.05) is 6.61 Å². The van der Waals surface area contributed by atoms with Crippen LogP contribution in [0.1, 0.15) is 31.4 Å². The van der Waals surface area contributed by atoms with Crippen molar-refractivity contribution in [1.82, 2.24) is 0 Å². The fourth-order valence-corrected chi connectivity index (χ4v) is 2.24. The lowest BCUT2D eigenvalue weighted by Crippen LogP contribution is -2.14. The molecule has 1 aromatic carbocycles. The fourth-order valence-electron chi connectivity index (χ4n) is 2.24. The normalized spacial score (nSPS) is 16.8. The average molecular weight is 202 g/mol. The second kappa shape index (κ2) is 4.63. The van der Waals surface area contributed by atoms with Gasteiger partial charge in [-0.3, -0.25) is 0 Å². The highest BCUT2D eigenvalue weighted by Crippen LogP contribution is 2.29. The number of rotatable bonds is 3. The lowest BCUT2D eigenvalue weighted by Gasteiger charge is -2.22. The van der Waals surface area contributed by atoms with Crippen LogP contribution in [0.2, 0.25) is 0 Å². The zero-order chi connectivity index (χ0) is 10.7. The van der Waals surface area contributed by atoms with Gasteiger partial charge in [-0.15, -0.1) is 0 Å². The van der Waals surface area contributed by atoms with Crippen LogP contribution in [-0.2, 0) is 11.2 Å². The molecule has 1 heteroatoms. The number of ether oxygens (including phenoxy) is 1. The van der Waals surface area contributed by atoms with Gasteiger partial charge >= 0.3 is 0 Å². The van der Waals surface area contributed by atoms with Crippen LogP contribution in [0, 0.1) is 0 Å². The molecule has 0 saturated heterocycles. The molecule has 1 aliphatic carbocycles. The first-order chi connectivity index (χ1) is 7.33. The van der Waals surface area contributed by atoms with Crippen molar-refractivity contribution in [3.8, 4) is 0 Å². The second-order valence-corrected chi connectivity index (χ2v) is 3.95. The van der Waals surface area contributed by atoms with Gasteiger partial charge in [0.15, 0.2) is 0 Å². The maximum atomic E-state index is 5.67. The number of hydrogen-bond donors (Lipinski definition) is 0. The fraction of sp³-hybridized carbons (Fsp3) is 0.429. The van der Waals surface area contributed by atoms with Gasteiger partial charge < -0.3 is 4.74 Å². The summed E-state index contributed by atoms with van der Waals surface area (Å²) in [5.41, 5.74) is 4.20. The number of aryl methyl sites for hydroxylation is 1. The van der Waals surface area contributed by atoms with E-state index in [1.807, 2.05) is 6.92 Å². The van der Waals surface area contributed by atoms with Gasteiger partial charge in [-0.05, 0) is 43.4 Å². The van der Waals surface area contributed by atoms with E-state index in [9.17, 15) is 0 Å². The summed E-state index contributed by atoms with van der Waals surface area (Å²) in [5.74, 6) is 0. The Bertz CT molecular complexity index is 365. The van der Waals surface area contributed by atoms with E-state index in [-0.39, 0.29) is 6.10 Å². The van der Waals surface area contributed by atoms with Crippen molar-refractivity contribution in [2.75, 3.05) is 6.61 Å². The zero-order valence-electron chi connectivity index (χ0n) is 9.49. The first-order valence-corrected chi connectivity index (χ1v) is 5.73. The van der Waals surface area contributed by atoms with Gasteiger partial charge in [0.1, 0.15) is 0 Å². The molecule has 0 bridgehead atoms. The SMILES string of the molecule is CCOC(C)C1=CCCc2ccccc21. The molecule has 1 aromatic rings. The molecule has 80 valence electrons. The smallest absolute Gasteiger partial charge is 0.0799 e. The van der Waals surface area contributed by atoms with E-state index >= 15 is 0 Å². The third-order valence-corrected chi connectivity index (χ3v) is 2.96. The monoisotopic (exact) mass is 202 g/mol. The molecule has 0 aliphatic heterocycles. The van der Waals surface area contributed by atoms with E-state index in [0.29, 0.717) is 0 Å². The quantitative estimate of drug-likeness (QED) is 0.729. The standard InChI is InChI=1S/C14H18O/c1-3-15-11(2)13-10-6-8-12-7-4-5-9-14(12)13/h4-5,7,9-11H,3,6,8H2,1-2H3. The van der Waals surface area contributed by atoms with Gasteiger partial charge in [-0.2, -0.15) is 0 Å². The zero-order valence-corrected chi connectivity index (χ0v) is 9.49. The summed E-state index contributed by atoms with van der Waals surface area (Å²) in [6, 6.07) is 8.65. The third-order valence-electron chi connectivity index (χ3n) is 2.96. The minimum Gasteiger partial charge on any atom is -0.374 e. The van der Waals surface area contributed by atoms with Crippen LogP contribution in [0.25, 0.3) is 5.57 Å². The molecular formula is C14H18O. The number of allylic oxidation sites excluding steroid dienone is 1. The van der Waals surface area contributed by atoms with E-state index in [4.69, 9.17) is 4.74 Å². The minimum absolute atomic E-state index is 0.219. The molecule has 1 unspecified atom stereocenters. The maximum absolute atomic E-state index is 5.67. The molecule has 0 radical (unpaired) electrons. The van der Waals surface area contributed by atoms with Crippen LogP contribution >= 0.6 is 0 Å². The Labute approximate surface area is 91.8 Å². The molecule has 0 heterocycles. The molecular weight excluding hydrogens is 184 g/mol. The lowest BCUT2D eigenvalue weighted by molar-refractivity contribution is 0.116. The predicted octanol–water partition coefficient (Wildman–Crippen LogP) is 3.44. The third kappa shape index (κ3) is 2.13. The van der Waals surface area contributed by atoms with Crippen molar-refractivity contribution in [3.05, 3.63) is 41.5 Å². The Morgan fingerprint density at radius 3 is 2.93 bits per heavy atom. The van der Waals surface area contributed by atoms with Crippen LogP contribution in [0.15, 0.2) is 30.3 Å². The van der Waals surface area contributed by atoms with Gasteiger partial charge in [0.2, 0.25) is 0 Å². The summed E-state index contributed by atoms with van der Waals surface area (Å²) < 4.78 is 5.67. The van der Waals surface area contributed by atoms with Crippen molar-refractivity contribution >= 4 is 5.57 Å². The Kier molecular flexibility index (Phi) is 3.22. The number of fused-ring (bicyclic) bond motifs is 1. The van der Waals surface area contributed by atoms with Gasteiger partial charge in [-0.1, -0.05) is 30.3 Å². The molecule has 0 spiro atoms. The molecule has 1 atom stereocenters. The molecule has 15 heavy (non-hydrogen) atoms. The molecule has 0 amide bonds. The van der Waals surface area contributed by atoms with E-state index in [0.717, 1.165) is 13.0 Å². The van der Waals surface area contributed by atoms with Crippen LogP contribution < -0.4 is 0 Å². The van der Waals surface area contributed by atoms with E-state index < -0.39 is 0 Å². The summed E-state index contributed by atoms with van der Waals surface area (Å²) in [5, 5.41) is 0. The molecule has 1 aliphatic rings. The topological polar surface area (TPSA) is 9.23 Å². The van der Waals surface area contributed by atoms with E-state index in [1.54, 1.807) is 0 Å². The van der Waals surface area contributed by atoms with Gasteiger partial charge in [0.05, 0.1) is 6.10 Å². The largest absolute Gasteiger partial charge is 0.374 e. The first-order valence-electron chi connectivity index (χ1n) is 5.73. The summed E-state index contributed by atoms with van der Waals surface area (Å²) in [4.78, 5) is 0.